The van der Waals surface area contributed by atoms with Crippen molar-refractivity contribution in [3.63, 3.8) is 0 Å². The molecular weight excluding hydrogens is 196 g/mol. The summed E-state index contributed by atoms with van der Waals surface area (Å²) in [4.78, 5) is 0. The van der Waals surface area contributed by atoms with Crippen LogP contribution in [0.4, 0.5) is 0 Å². The minimum atomic E-state index is 0.705. The fraction of sp³-hybridized carbons (Fsp3) is 0.143. The number of nitrogens with zero attached hydrogens (tertiary/aromatic N) is 2. The molecular formula is C14H13N2+. The Bertz CT molecular complexity index is 480. The molecule has 78 valence electrons. The number of nitriles is 1. The minimum absolute atomic E-state index is 0.705. The maximum atomic E-state index is 8.68. The zero-order chi connectivity index (χ0) is 11.2. The van der Waals surface area contributed by atoms with E-state index in [2.05, 4.69) is 34.9 Å². The Kier molecular flexibility index (Phi) is 3.30. The van der Waals surface area contributed by atoms with Crippen LogP contribution in [0.3, 0.4) is 0 Å². The molecule has 2 heteroatoms. The van der Waals surface area contributed by atoms with Crippen LogP contribution < -0.4 is 4.57 Å². The number of hydrogen-bond acceptors (Lipinski definition) is 1. The van der Waals surface area contributed by atoms with Gasteiger partial charge in [-0.3, -0.25) is 0 Å². The van der Waals surface area contributed by atoms with Gasteiger partial charge in [-0.15, -0.1) is 0 Å². The average molecular weight is 209 g/mol. The summed E-state index contributed by atoms with van der Waals surface area (Å²) >= 11 is 0. The maximum absolute atomic E-state index is 8.68. The van der Waals surface area contributed by atoms with Gasteiger partial charge in [0, 0.05) is 18.6 Å². The van der Waals surface area contributed by atoms with Crippen LogP contribution in [0.15, 0.2) is 54.9 Å². The molecule has 0 aliphatic heterocycles. The standard InChI is InChI=1S/C14H13N2/c15-12-14-7-10-16(11-8-14)9-6-13-4-2-1-3-5-13/h1-5,7-8,10-11H,6,9H2/q+1. The molecule has 0 radical (unpaired) electrons. The predicted molar refractivity (Wildman–Crippen MR) is 61.5 cm³/mol. The molecule has 0 aliphatic carbocycles. The normalized spacial score (nSPS) is 9.69. The van der Waals surface area contributed by atoms with E-state index in [-0.39, 0.29) is 0 Å². The Morgan fingerprint density at radius 1 is 1.00 bits per heavy atom. The monoisotopic (exact) mass is 209 g/mol. The molecule has 0 amide bonds. The highest BCUT2D eigenvalue weighted by molar-refractivity contribution is 5.23. The fourth-order valence-corrected chi connectivity index (χ4v) is 1.58. The van der Waals surface area contributed by atoms with Crippen LogP contribution in [0.2, 0.25) is 0 Å². The molecule has 2 aromatic rings. The number of benzene rings is 1. The number of hydrogen-bond donors (Lipinski definition) is 0. The van der Waals surface area contributed by atoms with E-state index in [0.717, 1.165) is 13.0 Å². The molecule has 2 rings (SSSR count). The average Bonchev–Trinajstić information content (AvgIpc) is 2.38. The van der Waals surface area contributed by atoms with Crippen molar-refractivity contribution in [1.29, 1.82) is 5.26 Å². The zero-order valence-electron chi connectivity index (χ0n) is 9.00. The Morgan fingerprint density at radius 2 is 1.69 bits per heavy atom. The third kappa shape index (κ3) is 2.68. The lowest BCUT2D eigenvalue weighted by atomic mass is 10.1. The summed E-state index contributed by atoms with van der Waals surface area (Å²) in [6.07, 6.45) is 4.90. The molecule has 0 saturated carbocycles. The third-order valence-corrected chi connectivity index (χ3v) is 2.52. The van der Waals surface area contributed by atoms with Gasteiger partial charge in [0.15, 0.2) is 18.9 Å². The van der Waals surface area contributed by atoms with E-state index >= 15 is 0 Å². The largest absolute Gasteiger partial charge is 0.205 e. The van der Waals surface area contributed by atoms with Crippen molar-refractivity contribution in [2.45, 2.75) is 13.0 Å². The maximum Gasteiger partial charge on any atom is 0.170 e. The second-order valence-corrected chi connectivity index (χ2v) is 3.67. The molecule has 0 spiro atoms. The molecule has 0 aliphatic rings. The molecule has 0 bridgehead atoms. The summed E-state index contributed by atoms with van der Waals surface area (Å²) < 4.78 is 2.09. The van der Waals surface area contributed by atoms with E-state index in [9.17, 15) is 0 Å². The van der Waals surface area contributed by atoms with Gasteiger partial charge in [-0.25, -0.2) is 4.57 Å². The van der Waals surface area contributed by atoms with Crippen molar-refractivity contribution >= 4 is 0 Å². The van der Waals surface area contributed by atoms with Gasteiger partial charge in [0.2, 0.25) is 0 Å². The zero-order valence-corrected chi connectivity index (χ0v) is 9.00. The highest BCUT2D eigenvalue weighted by atomic mass is 14.9. The van der Waals surface area contributed by atoms with Crippen molar-refractivity contribution < 1.29 is 4.57 Å². The number of aryl methyl sites for hydroxylation is 2. The number of pyridine rings is 1. The highest BCUT2D eigenvalue weighted by Gasteiger charge is 2.01. The van der Waals surface area contributed by atoms with E-state index in [1.165, 1.54) is 5.56 Å². The van der Waals surface area contributed by atoms with Crippen LogP contribution in [-0.2, 0) is 13.0 Å². The van der Waals surface area contributed by atoms with Gasteiger partial charge in [-0.1, -0.05) is 30.3 Å². The van der Waals surface area contributed by atoms with E-state index in [1.807, 2.05) is 30.6 Å². The topological polar surface area (TPSA) is 27.7 Å². The molecule has 0 atom stereocenters. The Morgan fingerprint density at radius 3 is 2.31 bits per heavy atom. The fourth-order valence-electron chi connectivity index (χ4n) is 1.58. The molecule has 16 heavy (non-hydrogen) atoms. The van der Waals surface area contributed by atoms with Crippen LogP contribution in [0.1, 0.15) is 11.1 Å². The minimum Gasteiger partial charge on any atom is -0.205 e. The van der Waals surface area contributed by atoms with Crippen LogP contribution in [0, 0.1) is 11.3 Å². The second kappa shape index (κ2) is 5.09. The lowest BCUT2D eigenvalue weighted by Gasteiger charge is -1.98. The quantitative estimate of drug-likeness (QED) is 0.711. The molecule has 0 fully saturated rings. The van der Waals surface area contributed by atoms with Gasteiger partial charge < -0.3 is 0 Å². The first-order chi connectivity index (χ1) is 7.88. The summed E-state index contributed by atoms with van der Waals surface area (Å²) in [5.41, 5.74) is 2.04. The van der Waals surface area contributed by atoms with Gasteiger partial charge in [-0.2, -0.15) is 5.26 Å². The molecule has 2 nitrogen and oxygen atoms in total. The Balaban J connectivity index is 1.98. The smallest absolute Gasteiger partial charge is 0.170 e. The van der Waals surface area contributed by atoms with Crippen LogP contribution in [-0.4, -0.2) is 0 Å². The lowest BCUT2D eigenvalue weighted by Crippen LogP contribution is -2.33. The van der Waals surface area contributed by atoms with E-state index < -0.39 is 0 Å². The summed E-state index contributed by atoms with van der Waals surface area (Å²) in [6.45, 7) is 0.940. The van der Waals surface area contributed by atoms with Crippen LogP contribution >= 0.6 is 0 Å². The van der Waals surface area contributed by atoms with Gasteiger partial charge in [0.1, 0.15) is 0 Å². The van der Waals surface area contributed by atoms with Crippen molar-refractivity contribution in [3.05, 3.63) is 66.0 Å². The number of rotatable bonds is 3. The lowest BCUT2D eigenvalue weighted by molar-refractivity contribution is -0.696. The van der Waals surface area contributed by atoms with Crippen LogP contribution in [0.25, 0.3) is 0 Å². The summed E-state index contributed by atoms with van der Waals surface area (Å²) in [6, 6.07) is 16.2. The first-order valence-corrected chi connectivity index (χ1v) is 5.31. The van der Waals surface area contributed by atoms with Crippen molar-refractivity contribution in [2.24, 2.45) is 0 Å². The van der Waals surface area contributed by atoms with E-state index in [4.69, 9.17) is 5.26 Å². The molecule has 0 saturated heterocycles. The second-order valence-electron chi connectivity index (χ2n) is 3.67. The van der Waals surface area contributed by atoms with E-state index in [1.54, 1.807) is 0 Å². The Labute approximate surface area is 95.4 Å². The van der Waals surface area contributed by atoms with Gasteiger partial charge in [0.25, 0.3) is 0 Å². The summed E-state index contributed by atoms with van der Waals surface area (Å²) in [5, 5.41) is 8.68. The molecule has 1 aromatic carbocycles. The van der Waals surface area contributed by atoms with Crippen molar-refractivity contribution in [3.8, 4) is 6.07 Å². The SMILES string of the molecule is N#Cc1cc[n+](CCc2ccccc2)cc1. The van der Waals surface area contributed by atoms with Gasteiger partial charge >= 0.3 is 0 Å². The van der Waals surface area contributed by atoms with Crippen molar-refractivity contribution in [1.82, 2.24) is 0 Å². The molecule has 1 aromatic heterocycles. The molecule has 1 heterocycles. The van der Waals surface area contributed by atoms with E-state index in [0.29, 0.717) is 5.56 Å². The summed E-state index contributed by atoms with van der Waals surface area (Å²) in [7, 11) is 0. The predicted octanol–water partition coefficient (Wildman–Crippen LogP) is 2.09. The molecule has 0 unspecified atom stereocenters. The van der Waals surface area contributed by atoms with Crippen LogP contribution in [0.5, 0.6) is 0 Å². The Hall–Kier alpha value is -2.14. The summed E-state index contributed by atoms with van der Waals surface area (Å²) in [5.74, 6) is 0. The van der Waals surface area contributed by atoms with Crippen molar-refractivity contribution in [2.75, 3.05) is 0 Å². The first-order valence-electron chi connectivity index (χ1n) is 5.31. The first kappa shape index (κ1) is 10.4. The van der Waals surface area contributed by atoms with Gasteiger partial charge in [0.05, 0.1) is 11.6 Å². The third-order valence-electron chi connectivity index (χ3n) is 2.52. The van der Waals surface area contributed by atoms with Gasteiger partial charge in [-0.05, 0) is 5.56 Å². The molecule has 0 N–H and O–H groups in total. The number of aromatic nitrogens is 1. The highest BCUT2D eigenvalue weighted by Crippen LogP contribution is 1.99.